The topological polar surface area (TPSA) is 194 Å². The van der Waals surface area contributed by atoms with Crippen molar-refractivity contribution in [1.82, 2.24) is 14.6 Å². The number of carbonyl (C=O) groups is 1. The molecule has 2 saturated heterocycles. The molecule has 2 aliphatic heterocycles. The molecular formula is C27H38N3O11PS. The van der Waals surface area contributed by atoms with Crippen molar-refractivity contribution in [3.05, 3.63) is 54.4 Å². The van der Waals surface area contributed by atoms with Gasteiger partial charge in [0.2, 0.25) is 10.0 Å². The fourth-order valence-corrected chi connectivity index (χ4v) is 6.85. The lowest BCUT2D eigenvalue weighted by Gasteiger charge is -2.31. The summed E-state index contributed by atoms with van der Waals surface area (Å²) in [7, 11) is -8.39. The Morgan fingerprint density at radius 1 is 1.19 bits per heavy atom. The summed E-state index contributed by atoms with van der Waals surface area (Å²) >= 11 is 0. The van der Waals surface area contributed by atoms with Gasteiger partial charge in [-0.15, -0.1) is 0 Å². The van der Waals surface area contributed by atoms with E-state index < -0.39 is 54.6 Å². The van der Waals surface area contributed by atoms with Crippen LogP contribution in [0.15, 0.2) is 53.7 Å². The van der Waals surface area contributed by atoms with Crippen LogP contribution in [0.2, 0.25) is 0 Å². The number of ether oxygens (including phenoxy) is 4. The molecule has 1 amide bonds. The van der Waals surface area contributed by atoms with E-state index >= 15 is 0 Å². The average molecular weight is 644 g/mol. The van der Waals surface area contributed by atoms with E-state index in [-0.39, 0.29) is 48.6 Å². The van der Waals surface area contributed by atoms with Gasteiger partial charge in [-0.2, -0.15) is 4.31 Å². The average Bonchev–Trinajstić information content (AvgIpc) is 3.57. The summed E-state index contributed by atoms with van der Waals surface area (Å²) in [4.78, 5) is 35.0. The summed E-state index contributed by atoms with van der Waals surface area (Å²) in [6.07, 6.45) is -0.424. The number of nitrogens with one attached hydrogen (secondary N) is 1. The number of benzene rings is 1. The van der Waals surface area contributed by atoms with Gasteiger partial charge in [0.1, 0.15) is 16.7 Å². The Balaban J connectivity index is 1.51. The van der Waals surface area contributed by atoms with Crippen LogP contribution in [0.1, 0.15) is 25.8 Å². The molecule has 1 unspecified atom stereocenters. The molecule has 2 aliphatic rings. The Morgan fingerprint density at radius 2 is 1.93 bits per heavy atom. The molecule has 238 valence electrons. The van der Waals surface area contributed by atoms with E-state index in [9.17, 15) is 22.9 Å². The first kappa shape index (κ1) is 33.3. The molecule has 3 heterocycles. The predicted octanol–water partition coefficient (Wildman–Crippen LogP) is 1.70. The standard InChI is InChI=1S/C27H38N3O11PS/c1-18(2)14-30(43(36,37)21-4-3-10-28-13-21)15-24(31)23(12-19-5-7-20(8-6-19)40-17-42(33,34)35)29-27(32)41-25-16-39-26-22(25)9-11-38-26/h3-8,10,13,18,22-26,31H,9,11-12,14-17H2,1-2H3,(H,29,32)(H2,33,34,35)/t22-,23-,24+,25?,26+/m0/s1. The zero-order valence-electron chi connectivity index (χ0n) is 23.9. The second kappa shape index (κ2) is 14.4. The highest BCUT2D eigenvalue weighted by Gasteiger charge is 2.44. The van der Waals surface area contributed by atoms with Gasteiger partial charge in [-0.1, -0.05) is 26.0 Å². The number of hydrogen-bond donors (Lipinski definition) is 4. The number of hydrogen-bond acceptors (Lipinski definition) is 10. The number of nitrogens with zero attached hydrogens (tertiary/aromatic N) is 2. The zero-order chi connectivity index (χ0) is 31.2. The molecule has 4 rings (SSSR count). The van der Waals surface area contributed by atoms with Crippen LogP contribution in [0.25, 0.3) is 0 Å². The van der Waals surface area contributed by atoms with Crippen LogP contribution < -0.4 is 10.1 Å². The Morgan fingerprint density at radius 3 is 2.58 bits per heavy atom. The second-order valence-corrected chi connectivity index (χ2v) is 14.5. The molecule has 0 bridgehead atoms. The Hall–Kier alpha value is -2.62. The lowest BCUT2D eigenvalue weighted by Crippen LogP contribution is -2.51. The van der Waals surface area contributed by atoms with E-state index in [1.165, 1.54) is 41.0 Å². The third kappa shape index (κ3) is 9.43. The number of pyridine rings is 1. The van der Waals surface area contributed by atoms with E-state index in [2.05, 4.69) is 10.3 Å². The van der Waals surface area contributed by atoms with Crippen LogP contribution in [-0.4, -0.2) is 95.9 Å². The molecule has 1 aromatic carbocycles. The fraction of sp³-hybridized carbons (Fsp3) is 0.556. The summed E-state index contributed by atoms with van der Waals surface area (Å²) in [5.41, 5.74) is 0.631. The lowest BCUT2D eigenvalue weighted by molar-refractivity contribution is -0.0907. The van der Waals surface area contributed by atoms with Crippen LogP contribution in [0.5, 0.6) is 5.75 Å². The summed E-state index contributed by atoms with van der Waals surface area (Å²) in [6.45, 7) is 4.17. The molecule has 16 heteroatoms. The van der Waals surface area contributed by atoms with Gasteiger partial charge in [-0.05, 0) is 48.6 Å². The Bertz CT molecular complexity index is 1360. The molecule has 2 fully saturated rings. The summed E-state index contributed by atoms with van der Waals surface area (Å²) < 4.78 is 61.0. The van der Waals surface area contributed by atoms with E-state index in [1.54, 1.807) is 12.1 Å². The van der Waals surface area contributed by atoms with Crippen molar-refractivity contribution in [2.75, 3.05) is 32.7 Å². The Kier molecular flexibility index (Phi) is 11.2. The number of carbonyl (C=O) groups excluding carboxylic acids is 1. The number of alkyl carbamates (subject to hydrolysis) is 1. The minimum atomic E-state index is -4.37. The lowest BCUT2D eigenvalue weighted by atomic mass is 10.0. The molecule has 0 radical (unpaired) electrons. The second-order valence-electron chi connectivity index (χ2n) is 11.0. The predicted molar refractivity (Wildman–Crippen MR) is 153 cm³/mol. The minimum absolute atomic E-state index is 0.0211. The number of aliphatic hydroxyl groups excluding tert-OH is 1. The molecule has 4 N–H and O–H groups in total. The first-order valence-corrected chi connectivity index (χ1v) is 17.1. The van der Waals surface area contributed by atoms with Crippen molar-refractivity contribution in [3.8, 4) is 5.75 Å². The maximum atomic E-state index is 13.5. The van der Waals surface area contributed by atoms with E-state index in [0.717, 1.165) is 0 Å². The quantitative estimate of drug-likeness (QED) is 0.218. The van der Waals surface area contributed by atoms with E-state index in [4.69, 9.17) is 28.7 Å². The molecule has 5 atom stereocenters. The summed E-state index contributed by atoms with van der Waals surface area (Å²) in [5, 5.41) is 14.1. The first-order valence-electron chi connectivity index (χ1n) is 13.9. The number of sulfonamides is 1. The zero-order valence-corrected chi connectivity index (χ0v) is 25.6. The third-order valence-corrected chi connectivity index (χ3v) is 9.30. The molecular weight excluding hydrogens is 605 g/mol. The molecule has 0 saturated carbocycles. The van der Waals surface area contributed by atoms with Gasteiger partial charge in [-0.3, -0.25) is 9.55 Å². The highest BCUT2D eigenvalue weighted by molar-refractivity contribution is 7.89. The van der Waals surface area contributed by atoms with Crippen LogP contribution in [0.3, 0.4) is 0 Å². The smallest absolute Gasteiger partial charge is 0.407 e. The number of rotatable bonds is 14. The van der Waals surface area contributed by atoms with Gasteiger partial charge in [0.25, 0.3) is 0 Å². The van der Waals surface area contributed by atoms with Gasteiger partial charge in [-0.25, -0.2) is 13.2 Å². The third-order valence-electron chi connectivity index (χ3n) is 7.02. The molecule has 1 aromatic heterocycles. The van der Waals surface area contributed by atoms with Crippen LogP contribution in [0, 0.1) is 11.8 Å². The maximum absolute atomic E-state index is 13.5. The van der Waals surface area contributed by atoms with Crippen LogP contribution >= 0.6 is 7.60 Å². The SMILES string of the molecule is CC(C)CN(C[C@@H](O)[C@H](Cc1ccc(OCP(=O)(O)O)cc1)NC(=O)OC1CO[C@H]2OCC[C@@H]12)S(=O)(=O)c1cccnc1. The number of aliphatic hydroxyl groups is 1. The number of fused-ring (bicyclic) bond motifs is 1. The van der Waals surface area contributed by atoms with Crippen molar-refractivity contribution in [2.45, 2.75) is 56.1 Å². The van der Waals surface area contributed by atoms with Crippen molar-refractivity contribution in [1.29, 1.82) is 0 Å². The summed E-state index contributed by atoms with van der Waals surface area (Å²) in [6, 6.07) is 8.19. The molecule has 43 heavy (non-hydrogen) atoms. The maximum Gasteiger partial charge on any atom is 0.407 e. The van der Waals surface area contributed by atoms with Gasteiger partial charge in [0.15, 0.2) is 12.6 Å². The van der Waals surface area contributed by atoms with Crippen molar-refractivity contribution in [3.63, 3.8) is 0 Å². The van der Waals surface area contributed by atoms with Gasteiger partial charge < -0.3 is 39.2 Å². The molecule has 0 spiro atoms. The molecule has 2 aromatic rings. The van der Waals surface area contributed by atoms with Crippen LogP contribution in [-0.2, 0) is 35.2 Å². The van der Waals surface area contributed by atoms with Gasteiger partial charge >= 0.3 is 13.7 Å². The van der Waals surface area contributed by atoms with E-state index in [1.807, 2.05) is 13.8 Å². The number of amides is 1. The van der Waals surface area contributed by atoms with Crippen molar-refractivity contribution in [2.24, 2.45) is 11.8 Å². The van der Waals surface area contributed by atoms with E-state index in [0.29, 0.717) is 18.6 Å². The van der Waals surface area contributed by atoms with Gasteiger partial charge in [0, 0.05) is 25.5 Å². The fourth-order valence-electron chi connectivity index (χ4n) is 4.95. The van der Waals surface area contributed by atoms with Crippen LogP contribution in [0.4, 0.5) is 4.79 Å². The largest absolute Gasteiger partial charge is 0.481 e. The number of aromatic nitrogens is 1. The minimum Gasteiger partial charge on any atom is -0.481 e. The first-order chi connectivity index (χ1) is 20.3. The summed E-state index contributed by atoms with van der Waals surface area (Å²) in [5.74, 6) is 0.0532. The monoisotopic (exact) mass is 643 g/mol. The van der Waals surface area contributed by atoms with Gasteiger partial charge in [0.05, 0.1) is 31.3 Å². The van der Waals surface area contributed by atoms with Crippen molar-refractivity contribution >= 4 is 23.7 Å². The Labute approximate surface area is 250 Å². The normalized spacial score (nSPS) is 21.9. The molecule has 0 aliphatic carbocycles. The highest BCUT2D eigenvalue weighted by atomic mass is 32.2. The van der Waals surface area contributed by atoms with Crippen molar-refractivity contribution < 1.29 is 51.6 Å². The highest BCUT2D eigenvalue weighted by Crippen LogP contribution is 2.35. The molecule has 14 nitrogen and oxygen atoms in total.